The minimum absolute atomic E-state index is 0.0118. The van der Waals surface area contributed by atoms with Crippen LogP contribution in [0.4, 0.5) is 0 Å². The Hall–Kier alpha value is -1.35. The van der Waals surface area contributed by atoms with E-state index in [4.69, 9.17) is 5.11 Å². The van der Waals surface area contributed by atoms with Gasteiger partial charge in [0.1, 0.15) is 0 Å². The molecule has 0 fully saturated rings. The first-order valence-corrected chi connectivity index (χ1v) is 6.03. The first-order valence-electron chi connectivity index (χ1n) is 6.03. The van der Waals surface area contributed by atoms with E-state index in [0.717, 1.165) is 5.56 Å². The lowest BCUT2D eigenvalue weighted by molar-refractivity contribution is -0.122. The molecular formula is C14H21NO2. The summed E-state index contributed by atoms with van der Waals surface area (Å²) in [4.78, 5) is 11.6. The zero-order valence-electron chi connectivity index (χ0n) is 10.7. The maximum Gasteiger partial charge on any atom is 0.220 e. The van der Waals surface area contributed by atoms with Crippen LogP contribution in [0.2, 0.25) is 0 Å². The van der Waals surface area contributed by atoms with Gasteiger partial charge in [0.25, 0.3) is 0 Å². The van der Waals surface area contributed by atoms with Gasteiger partial charge >= 0.3 is 0 Å². The fraction of sp³-hybridized carbons (Fsp3) is 0.500. The number of aliphatic hydroxyl groups is 1. The van der Waals surface area contributed by atoms with Gasteiger partial charge in [0, 0.05) is 6.42 Å². The number of carbonyl (C=O) groups is 1. The Morgan fingerprint density at radius 2 is 2.00 bits per heavy atom. The molecule has 2 N–H and O–H groups in total. The predicted molar refractivity (Wildman–Crippen MR) is 68.7 cm³/mol. The molecule has 0 aliphatic carbocycles. The quantitative estimate of drug-likeness (QED) is 0.823. The molecule has 3 heteroatoms. The molecule has 1 amide bonds. The van der Waals surface area contributed by atoms with Crippen molar-refractivity contribution in [3.63, 3.8) is 0 Å². The van der Waals surface area contributed by atoms with Gasteiger partial charge < -0.3 is 10.4 Å². The standard InChI is InChI=1S/C14H21NO2/c1-10-6-4-5-7-13(10)12(3)15-14(17)9-8-11(2)16/h4-7,11-12,16H,8-9H2,1-3H3,(H,15,17)/t11?,12-/m1/s1. The molecule has 1 unspecified atom stereocenters. The number of benzene rings is 1. The van der Waals surface area contributed by atoms with E-state index < -0.39 is 6.10 Å². The second kappa shape index (κ2) is 6.40. The van der Waals surface area contributed by atoms with Gasteiger partial charge in [-0.3, -0.25) is 4.79 Å². The highest BCUT2D eigenvalue weighted by Gasteiger charge is 2.11. The summed E-state index contributed by atoms with van der Waals surface area (Å²) in [7, 11) is 0. The summed E-state index contributed by atoms with van der Waals surface area (Å²) in [6.45, 7) is 5.70. The molecule has 94 valence electrons. The van der Waals surface area contributed by atoms with Gasteiger partial charge in [0.2, 0.25) is 5.91 Å². The average Bonchev–Trinajstić information content (AvgIpc) is 2.26. The minimum atomic E-state index is -0.422. The Bertz CT molecular complexity index is 374. The Morgan fingerprint density at radius 1 is 1.35 bits per heavy atom. The highest BCUT2D eigenvalue weighted by atomic mass is 16.3. The largest absolute Gasteiger partial charge is 0.393 e. The number of aryl methyl sites for hydroxylation is 1. The minimum Gasteiger partial charge on any atom is -0.393 e. The summed E-state index contributed by atoms with van der Waals surface area (Å²) in [5.41, 5.74) is 2.31. The molecule has 2 atom stereocenters. The normalized spacial score (nSPS) is 14.1. The van der Waals surface area contributed by atoms with Gasteiger partial charge in [-0.15, -0.1) is 0 Å². The third kappa shape index (κ3) is 4.57. The molecule has 17 heavy (non-hydrogen) atoms. The molecule has 0 heterocycles. The number of carbonyl (C=O) groups excluding carboxylic acids is 1. The summed E-state index contributed by atoms with van der Waals surface area (Å²) in [5.74, 6) is -0.0124. The van der Waals surface area contributed by atoms with Crippen molar-refractivity contribution in [2.75, 3.05) is 0 Å². The maximum atomic E-state index is 11.6. The van der Waals surface area contributed by atoms with Crippen molar-refractivity contribution >= 4 is 5.91 Å². The summed E-state index contributed by atoms with van der Waals surface area (Å²) in [6.07, 6.45) is 0.453. The van der Waals surface area contributed by atoms with Crippen LogP contribution >= 0.6 is 0 Å². The van der Waals surface area contributed by atoms with E-state index in [-0.39, 0.29) is 11.9 Å². The molecule has 0 saturated heterocycles. The topological polar surface area (TPSA) is 49.3 Å². The Labute approximate surface area is 103 Å². The van der Waals surface area contributed by atoms with Gasteiger partial charge in [-0.2, -0.15) is 0 Å². The second-order valence-electron chi connectivity index (χ2n) is 4.53. The third-order valence-corrected chi connectivity index (χ3v) is 2.82. The first-order chi connectivity index (χ1) is 8.00. The van der Waals surface area contributed by atoms with E-state index in [1.165, 1.54) is 5.56 Å². The smallest absolute Gasteiger partial charge is 0.220 e. The van der Waals surface area contributed by atoms with Crippen LogP contribution in [0.1, 0.15) is 43.9 Å². The van der Waals surface area contributed by atoms with Crippen LogP contribution in [0.15, 0.2) is 24.3 Å². The lowest BCUT2D eigenvalue weighted by atomic mass is 10.0. The summed E-state index contributed by atoms with van der Waals surface area (Å²) in [5, 5.41) is 12.1. The van der Waals surface area contributed by atoms with Gasteiger partial charge in [0.15, 0.2) is 0 Å². The molecule has 1 aromatic rings. The molecule has 1 aromatic carbocycles. The van der Waals surface area contributed by atoms with Crippen LogP contribution in [-0.2, 0) is 4.79 Å². The van der Waals surface area contributed by atoms with E-state index in [9.17, 15) is 4.79 Å². The Kier molecular flexibility index (Phi) is 5.16. The van der Waals surface area contributed by atoms with Gasteiger partial charge in [-0.1, -0.05) is 24.3 Å². The molecule has 0 spiro atoms. The fourth-order valence-corrected chi connectivity index (χ4v) is 1.80. The van der Waals surface area contributed by atoms with E-state index >= 15 is 0 Å². The van der Waals surface area contributed by atoms with Gasteiger partial charge in [-0.25, -0.2) is 0 Å². The molecular weight excluding hydrogens is 214 g/mol. The van der Waals surface area contributed by atoms with Crippen molar-refractivity contribution in [2.24, 2.45) is 0 Å². The third-order valence-electron chi connectivity index (χ3n) is 2.82. The van der Waals surface area contributed by atoms with Crippen molar-refractivity contribution < 1.29 is 9.90 Å². The zero-order chi connectivity index (χ0) is 12.8. The van der Waals surface area contributed by atoms with E-state index in [1.807, 2.05) is 38.1 Å². The van der Waals surface area contributed by atoms with Crippen LogP contribution in [0.25, 0.3) is 0 Å². The van der Waals surface area contributed by atoms with Crippen LogP contribution < -0.4 is 5.32 Å². The van der Waals surface area contributed by atoms with Gasteiger partial charge in [-0.05, 0) is 38.3 Å². The number of nitrogens with one attached hydrogen (secondary N) is 1. The highest BCUT2D eigenvalue weighted by Crippen LogP contribution is 2.16. The first kappa shape index (κ1) is 13.7. The molecule has 0 radical (unpaired) electrons. The highest BCUT2D eigenvalue weighted by molar-refractivity contribution is 5.76. The lowest BCUT2D eigenvalue weighted by Gasteiger charge is -2.16. The second-order valence-corrected chi connectivity index (χ2v) is 4.53. The van der Waals surface area contributed by atoms with Gasteiger partial charge in [0.05, 0.1) is 12.1 Å². The predicted octanol–water partition coefficient (Wildman–Crippen LogP) is 2.33. The molecule has 1 rings (SSSR count). The SMILES string of the molecule is Cc1ccccc1[C@@H](C)NC(=O)CCC(C)O. The van der Waals surface area contributed by atoms with E-state index in [1.54, 1.807) is 6.92 Å². The molecule has 0 aliphatic rings. The zero-order valence-corrected chi connectivity index (χ0v) is 10.7. The summed E-state index contributed by atoms with van der Waals surface area (Å²) < 4.78 is 0. The van der Waals surface area contributed by atoms with Crippen molar-refractivity contribution in [3.8, 4) is 0 Å². The van der Waals surface area contributed by atoms with Crippen LogP contribution in [0, 0.1) is 6.92 Å². The Balaban J connectivity index is 2.52. The van der Waals surface area contributed by atoms with Crippen molar-refractivity contribution in [1.29, 1.82) is 0 Å². The molecule has 0 aromatic heterocycles. The molecule has 3 nitrogen and oxygen atoms in total. The summed E-state index contributed by atoms with van der Waals surface area (Å²) in [6, 6.07) is 8.03. The van der Waals surface area contributed by atoms with E-state index in [2.05, 4.69) is 5.32 Å². The fourth-order valence-electron chi connectivity index (χ4n) is 1.80. The molecule has 0 aliphatic heterocycles. The van der Waals surface area contributed by atoms with Crippen LogP contribution in [0.5, 0.6) is 0 Å². The number of hydrogen-bond donors (Lipinski definition) is 2. The van der Waals surface area contributed by atoms with Crippen LogP contribution in [-0.4, -0.2) is 17.1 Å². The van der Waals surface area contributed by atoms with Crippen molar-refractivity contribution in [2.45, 2.75) is 45.8 Å². The molecule has 0 saturated carbocycles. The van der Waals surface area contributed by atoms with Crippen LogP contribution in [0.3, 0.4) is 0 Å². The molecule has 0 bridgehead atoms. The number of rotatable bonds is 5. The van der Waals surface area contributed by atoms with Crippen molar-refractivity contribution in [3.05, 3.63) is 35.4 Å². The maximum absolute atomic E-state index is 11.6. The average molecular weight is 235 g/mol. The number of hydrogen-bond acceptors (Lipinski definition) is 2. The monoisotopic (exact) mass is 235 g/mol. The Morgan fingerprint density at radius 3 is 2.59 bits per heavy atom. The summed E-state index contributed by atoms with van der Waals surface area (Å²) >= 11 is 0. The number of aliphatic hydroxyl groups excluding tert-OH is 1. The van der Waals surface area contributed by atoms with E-state index in [0.29, 0.717) is 12.8 Å². The lowest BCUT2D eigenvalue weighted by Crippen LogP contribution is -2.27. The number of amides is 1. The van der Waals surface area contributed by atoms with Crippen molar-refractivity contribution in [1.82, 2.24) is 5.32 Å².